The van der Waals surface area contributed by atoms with Crippen molar-refractivity contribution in [2.45, 2.75) is 38.8 Å². The van der Waals surface area contributed by atoms with Crippen LogP contribution in [0.1, 0.15) is 30.5 Å². The van der Waals surface area contributed by atoms with Crippen LogP contribution in [0.3, 0.4) is 0 Å². The molecule has 1 aliphatic rings. The van der Waals surface area contributed by atoms with Gasteiger partial charge in [-0.25, -0.2) is 4.98 Å². The number of hydrogen-bond donors (Lipinski definition) is 1. The highest BCUT2D eigenvalue weighted by Crippen LogP contribution is 2.30. The molecule has 1 saturated carbocycles. The number of hydrogen-bond acceptors (Lipinski definition) is 3. The standard InChI is InChI=1S/C17H21ClN2O/c1-12-14-7-2-3-8-15(14)19-16(17(12)18)11-20(9-10-21)13-5-4-6-13/h2-3,7-8,13,21H,4-6,9-11H2,1H3. The van der Waals surface area contributed by atoms with Crippen molar-refractivity contribution in [3.05, 3.63) is 40.5 Å². The molecule has 1 heterocycles. The number of aromatic nitrogens is 1. The van der Waals surface area contributed by atoms with Crippen LogP contribution in [0, 0.1) is 6.92 Å². The van der Waals surface area contributed by atoms with Gasteiger partial charge in [-0.3, -0.25) is 4.90 Å². The number of aliphatic hydroxyl groups is 1. The highest BCUT2D eigenvalue weighted by Gasteiger charge is 2.25. The fourth-order valence-electron chi connectivity index (χ4n) is 2.99. The zero-order valence-corrected chi connectivity index (χ0v) is 13.1. The highest BCUT2D eigenvalue weighted by molar-refractivity contribution is 6.32. The fourth-order valence-corrected chi connectivity index (χ4v) is 3.19. The first-order valence-corrected chi connectivity index (χ1v) is 7.97. The van der Waals surface area contributed by atoms with E-state index in [4.69, 9.17) is 16.6 Å². The van der Waals surface area contributed by atoms with Crippen molar-refractivity contribution in [3.8, 4) is 0 Å². The smallest absolute Gasteiger partial charge is 0.0740 e. The maximum Gasteiger partial charge on any atom is 0.0740 e. The van der Waals surface area contributed by atoms with E-state index in [-0.39, 0.29) is 6.61 Å². The molecule has 3 nitrogen and oxygen atoms in total. The van der Waals surface area contributed by atoms with E-state index in [0.29, 0.717) is 12.6 Å². The topological polar surface area (TPSA) is 36.4 Å². The summed E-state index contributed by atoms with van der Waals surface area (Å²) in [5, 5.41) is 11.2. The van der Waals surface area contributed by atoms with Gasteiger partial charge in [0.1, 0.15) is 0 Å². The molecule has 4 heteroatoms. The number of pyridine rings is 1. The SMILES string of the molecule is Cc1c(Cl)c(CN(CCO)C2CCC2)nc2ccccc12. The van der Waals surface area contributed by atoms with Gasteiger partial charge in [-0.05, 0) is 31.4 Å². The minimum Gasteiger partial charge on any atom is -0.395 e. The minimum atomic E-state index is 0.181. The van der Waals surface area contributed by atoms with E-state index in [2.05, 4.69) is 17.9 Å². The number of aryl methyl sites for hydroxylation is 1. The Kier molecular flexibility index (Phi) is 4.43. The average molecular weight is 305 g/mol. The van der Waals surface area contributed by atoms with Crippen LogP contribution in [0.25, 0.3) is 10.9 Å². The Morgan fingerprint density at radius 2 is 2.10 bits per heavy atom. The zero-order valence-electron chi connectivity index (χ0n) is 12.3. The summed E-state index contributed by atoms with van der Waals surface area (Å²) >= 11 is 6.53. The molecule has 0 bridgehead atoms. The normalized spacial score (nSPS) is 15.6. The lowest BCUT2D eigenvalue weighted by Gasteiger charge is -2.37. The maximum absolute atomic E-state index is 9.28. The van der Waals surface area contributed by atoms with Crippen LogP contribution in [0.15, 0.2) is 24.3 Å². The van der Waals surface area contributed by atoms with Gasteiger partial charge < -0.3 is 5.11 Å². The summed E-state index contributed by atoms with van der Waals surface area (Å²) in [5.41, 5.74) is 3.01. The second-order valence-corrected chi connectivity index (χ2v) is 6.17. The molecule has 1 aliphatic carbocycles. The second-order valence-electron chi connectivity index (χ2n) is 5.79. The Labute approximate surface area is 130 Å². The third-order valence-corrected chi connectivity index (χ3v) is 4.98. The molecule has 0 radical (unpaired) electrons. The molecule has 3 rings (SSSR count). The van der Waals surface area contributed by atoms with Crippen molar-refractivity contribution < 1.29 is 5.11 Å². The number of nitrogens with zero attached hydrogens (tertiary/aromatic N) is 2. The summed E-state index contributed by atoms with van der Waals surface area (Å²) in [4.78, 5) is 7.05. The second kappa shape index (κ2) is 6.30. The van der Waals surface area contributed by atoms with Crippen LogP contribution in [0.5, 0.6) is 0 Å². The first kappa shape index (κ1) is 14.8. The number of benzene rings is 1. The van der Waals surface area contributed by atoms with Gasteiger partial charge in [-0.1, -0.05) is 36.2 Å². The number of rotatable bonds is 5. The first-order chi connectivity index (χ1) is 10.2. The quantitative estimate of drug-likeness (QED) is 0.918. The molecule has 1 aromatic heterocycles. The van der Waals surface area contributed by atoms with Crippen LogP contribution in [-0.4, -0.2) is 34.2 Å². The third kappa shape index (κ3) is 2.91. The van der Waals surface area contributed by atoms with E-state index >= 15 is 0 Å². The zero-order chi connectivity index (χ0) is 14.8. The van der Waals surface area contributed by atoms with E-state index in [1.165, 1.54) is 19.3 Å². The molecule has 1 aromatic carbocycles. The Morgan fingerprint density at radius 1 is 1.33 bits per heavy atom. The van der Waals surface area contributed by atoms with Gasteiger partial charge in [-0.15, -0.1) is 0 Å². The van der Waals surface area contributed by atoms with Gasteiger partial charge >= 0.3 is 0 Å². The molecule has 0 aliphatic heterocycles. The van der Waals surface area contributed by atoms with Crippen molar-refractivity contribution >= 4 is 22.5 Å². The molecule has 0 spiro atoms. The number of fused-ring (bicyclic) bond motifs is 1. The van der Waals surface area contributed by atoms with Crippen molar-refractivity contribution in [1.82, 2.24) is 9.88 Å². The molecular weight excluding hydrogens is 284 g/mol. The molecule has 1 fully saturated rings. The first-order valence-electron chi connectivity index (χ1n) is 7.59. The molecule has 0 saturated heterocycles. The van der Waals surface area contributed by atoms with Crippen molar-refractivity contribution in [2.24, 2.45) is 0 Å². The summed E-state index contributed by atoms with van der Waals surface area (Å²) in [6.07, 6.45) is 3.71. The molecule has 1 N–H and O–H groups in total. The maximum atomic E-state index is 9.28. The van der Waals surface area contributed by atoms with E-state index in [0.717, 1.165) is 33.7 Å². The van der Waals surface area contributed by atoms with E-state index in [1.54, 1.807) is 0 Å². The van der Waals surface area contributed by atoms with Crippen LogP contribution in [0.4, 0.5) is 0 Å². The monoisotopic (exact) mass is 304 g/mol. The molecule has 0 atom stereocenters. The predicted molar refractivity (Wildman–Crippen MR) is 86.6 cm³/mol. The Hall–Kier alpha value is -1.16. The highest BCUT2D eigenvalue weighted by atomic mass is 35.5. The summed E-state index contributed by atoms with van der Waals surface area (Å²) in [7, 11) is 0. The van der Waals surface area contributed by atoms with Gasteiger partial charge in [0.25, 0.3) is 0 Å². The lowest BCUT2D eigenvalue weighted by atomic mass is 9.91. The van der Waals surface area contributed by atoms with Crippen molar-refractivity contribution in [2.75, 3.05) is 13.2 Å². The van der Waals surface area contributed by atoms with Crippen molar-refractivity contribution in [1.29, 1.82) is 0 Å². The Morgan fingerprint density at radius 3 is 2.76 bits per heavy atom. The number of para-hydroxylation sites is 1. The molecule has 0 amide bonds. The lowest BCUT2D eigenvalue weighted by Crippen LogP contribution is -2.41. The predicted octanol–water partition coefficient (Wildman–Crippen LogP) is 3.54. The molecule has 21 heavy (non-hydrogen) atoms. The Bertz CT molecular complexity index is 640. The summed E-state index contributed by atoms with van der Waals surface area (Å²) in [5.74, 6) is 0. The van der Waals surface area contributed by atoms with Crippen LogP contribution >= 0.6 is 11.6 Å². The van der Waals surface area contributed by atoms with E-state index in [1.807, 2.05) is 18.2 Å². The van der Waals surface area contributed by atoms with Gasteiger partial charge in [0.2, 0.25) is 0 Å². The van der Waals surface area contributed by atoms with Crippen LogP contribution in [0.2, 0.25) is 5.02 Å². The average Bonchev–Trinajstić information content (AvgIpc) is 2.43. The summed E-state index contributed by atoms with van der Waals surface area (Å²) in [6, 6.07) is 8.68. The molecule has 112 valence electrons. The number of aliphatic hydroxyl groups excluding tert-OH is 1. The van der Waals surface area contributed by atoms with E-state index in [9.17, 15) is 5.11 Å². The van der Waals surface area contributed by atoms with E-state index < -0.39 is 0 Å². The lowest BCUT2D eigenvalue weighted by molar-refractivity contribution is 0.0935. The van der Waals surface area contributed by atoms with Crippen LogP contribution < -0.4 is 0 Å². The molecule has 0 unspecified atom stereocenters. The van der Waals surface area contributed by atoms with Gasteiger partial charge in [0.05, 0.1) is 22.8 Å². The van der Waals surface area contributed by atoms with Gasteiger partial charge in [0.15, 0.2) is 0 Å². The largest absolute Gasteiger partial charge is 0.395 e. The Balaban J connectivity index is 1.93. The minimum absolute atomic E-state index is 0.181. The van der Waals surface area contributed by atoms with Crippen molar-refractivity contribution in [3.63, 3.8) is 0 Å². The van der Waals surface area contributed by atoms with Gasteiger partial charge in [-0.2, -0.15) is 0 Å². The molecular formula is C17H21ClN2O. The third-order valence-electron chi connectivity index (χ3n) is 4.48. The number of halogens is 1. The summed E-state index contributed by atoms with van der Waals surface area (Å²) in [6.45, 7) is 3.64. The summed E-state index contributed by atoms with van der Waals surface area (Å²) < 4.78 is 0. The molecule has 2 aromatic rings. The van der Waals surface area contributed by atoms with Crippen LogP contribution in [-0.2, 0) is 6.54 Å². The fraction of sp³-hybridized carbons (Fsp3) is 0.471. The van der Waals surface area contributed by atoms with Gasteiger partial charge in [0, 0.05) is 24.5 Å².